The Balaban J connectivity index is 1.79. The molecule has 2 aromatic rings. The Morgan fingerprint density at radius 2 is 1.62 bits per heavy atom. The van der Waals surface area contributed by atoms with Gasteiger partial charge < -0.3 is 4.90 Å². The second-order valence-corrected chi connectivity index (χ2v) is 7.24. The van der Waals surface area contributed by atoms with E-state index in [1.165, 1.54) is 36.0 Å². The molecule has 1 unspecified atom stereocenters. The number of carbonyl (C=O) groups is 1. The van der Waals surface area contributed by atoms with Gasteiger partial charge in [0, 0.05) is 11.6 Å². The summed E-state index contributed by atoms with van der Waals surface area (Å²) in [5.41, 5.74) is 4.71. The topological polar surface area (TPSA) is 20.3 Å². The number of hydrogen-bond acceptors (Lipinski definition) is 1. The average molecular weight is 319 g/mol. The number of benzene rings is 2. The van der Waals surface area contributed by atoms with Crippen molar-refractivity contribution in [3.8, 4) is 0 Å². The van der Waals surface area contributed by atoms with Crippen molar-refractivity contribution in [1.82, 2.24) is 4.90 Å². The fourth-order valence-corrected chi connectivity index (χ4v) is 4.49. The second-order valence-electron chi connectivity index (χ2n) is 7.24. The Kier molecular flexibility index (Phi) is 4.13. The summed E-state index contributed by atoms with van der Waals surface area (Å²) in [5, 5.41) is 0. The number of rotatable bonds is 2. The van der Waals surface area contributed by atoms with Gasteiger partial charge in [-0.25, -0.2) is 0 Å². The zero-order valence-electron chi connectivity index (χ0n) is 14.4. The average Bonchev–Trinajstić information content (AvgIpc) is 2.63. The lowest BCUT2D eigenvalue weighted by atomic mass is 9.84. The van der Waals surface area contributed by atoms with Gasteiger partial charge in [0.1, 0.15) is 0 Å². The van der Waals surface area contributed by atoms with Crippen molar-refractivity contribution in [2.24, 2.45) is 0 Å². The lowest BCUT2D eigenvalue weighted by Gasteiger charge is -2.44. The predicted octanol–water partition coefficient (Wildman–Crippen LogP) is 5.07. The molecule has 1 aliphatic heterocycles. The maximum Gasteiger partial charge on any atom is 0.254 e. The van der Waals surface area contributed by atoms with Crippen LogP contribution in [0.25, 0.3) is 0 Å². The molecule has 2 aliphatic rings. The largest absolute Gasteiger partial charge is 0.328 e. The quantitative estimate of drug-likeness (QED) is 0.757. The van der Waals surface area contributed by atoms with Crippen LogP contribution in [0.1, 0.15) is 65.2 Å². The molecular weight excluding hydrogens is 294 g/mol. The Morgan fingerprint density at radius 1 is 0.917 bits per heavy atom. The Morgan fingerprint density at radius 3 is 2.42 bits per heavy atom. The van der Waals surface area contributed by atoms with E-state index in [1.54, 1.807) is 0 Å². The fraction of sp³-hybridized carbons (Fsp3) is 0.409. The van der Waals surface area contributed by atoms with Crippen LogP contribution in [0.4, 0.5) is 0 Å². The lowest BCUT2D eigenvalue weighted by Crippen LogP contribution is -2.47. The van der Waals surface area contributed by atoms with Gasteiger partial charge in [-0.3, -0.25) is 4.79 Å². The number of carbonyl (C=O) groups excluding carboxylic acids is 1. The van der Waals surface area contributed by atoms with E-state index >= 15 is 0 Å². The van der Waals surface area contributed by atoms with Gasteiger partial charge in [-0.2, -0.15) is 0 Å². The van der Waals surface area contributed by atoms with Crippen molar-refractivity contribution in [2.45, 2.75) is 57.5 Å². The number of fused-ring (bicyclic) bond motifs is 1. The van der Waals surface area contributed by atoms with Crippen LogP contribution in [0.5, 0.6) is 0 Å². The number of amides is 1. The maximum absolute atomic E-state index is 13.3. The molecule has 0 spiro atoms. The van der Waals surface area contributed by atoms with Crippen LogP contribution >= 0.6 is 0 Å². The van der Waals surface area contributed by atoms with E-state index in [0.29, 0.717) is 6.04 Å². The van der Waals surface area contributed by atoms with Crippen LogP contribution in [0.2, 0.25) is 0 Å². The zero-order chi connectivity index (χ0) is 16.5. The smallest absolute Gasteiger partial charge is 0.254 e. The molecule has 0 N–H and O–H groups in total. The highest BCUT2D eigenvalue weighted by Gasteiger charge is 2.38. The molecule has 2 aromatic carbocycles. The highest BCUT2D eigenvalue weighted by Crippen LogP contribution is 2.39. The van der Waals surface area contributed by atoms with E-state index < -0.39 is 0 Å². The molecule has 1 amide bonds. The van der Waals surface area contributed by atoms with Crippen LogP contribution < -0.4 is 0 Å². The van der Waals surface area contributed by atoms with Crippen LogP contribution in [0, 0.1) is 6.92 Å². The third-order valence-corrected chi connectivity index (χ3v) is 5.75. The highest BCUT2D eigenvalue weighted by atomic mass is 16.2. The first-order valence-electron chi connectivity index (χ1n) is 9.22. The molecule has 2 nitrogen and oxygen atoms in total. The van der Waals surface area contributed by atoms with E-state index in [-0.39, 0.29) is 11.9 Å². The van der Waals surface area contributed by atoms with Gasteiger partial charge in [0.2, 0.25) is 0 Å². The van der Waals surface area contributed by atoms with Crippen molar-refractivity contribution < 1.29 is 4.79 Å². The Labute approximate surface area is 144 Å². The van der Waals surface area contributed by atoms with Crippen LogP contribution in [0.3, 0.4) is 0 Å². The predicted molar refractivity (Wildman–Crippen MR) is 97.1 cm³/mol. The first-order valence-corrected chi connectivity index (χ1v) is 9.22. The minimum absolute atomic E-state index is 0.177. The monoisotopic (exact) mass is 319 g/mol. The lowest BCUT2D eigenvalue weighted by molar-refractivity contribution is 0.0472. The first kappa shape index (κ1) is 15.4. The van der Waals surface area contributed by atoms with Crippen molar-refractivity contribution in [2.75, 3.05) is 0 Å². The van der Waals surface area contributed by atoms with Gasteiger partial charge in [-0.15, -0.1) is 0 Å². The van der Waals surface area contributed by atoms with Crippen LogP contribution in [-0.4, -0.2) is 16.8 Å². The summed E-state index contributed by atoms with van der Waals surface area (Å²) in [6.07, 6.45) is 7.03. The summed E-state index contributed by atoms with van der Waals surface area (Å²) in [6, 6.07) is 17.3. The molecule has 1 atom stereocenters. The van der Waals surface area contributed by atoms with Crippen molar-refractivity contribution in [3.05, 3.63) is 70.8 Å². The van der Waals surface area contributed by atoms with Gasteiger partial charge in [-0.1, -0.05) is 61.7 Å². The van der Waals surface area contributed by atoms with E-state index in [4.69, 9.17) is 0 Å². The normalized spacial score (nSPS) is 21.6. The molecule has 0 aromatic heterocycles. The number of aryl methyl sites for hydroxylation is 1. The summed E-state index contributed by atoms with van der Waals surface area (Å²) in [5.74, 6) is 0.233. The van der Waals surface area contributed by atoms with Gasteiger partial charge in [0.05, 0.1) is 6.04 Å². The van der Waals surface area contributed by atoms with Gasteiger partial charge in [-0.05, 0) is 48.9 Å². The Bertz CT molecular complexity index is 745. The molecule has 4 rings (SSSR count). The minimum Gasteiger partial charge on any atom is -0.328 e. The van der Waals surface area contributed by atoms with Gasteiger partial charge in [0.25, 0.3) is 5.91 Å². The first-order chi connectivity index (χ1) is 11.8. The number of nitrogens with zero attached hydrogens (tertiary/aromatic N) is 1. The van der Waals surface area contributed by atoms with Gasteiger partial charge in [0.15, 0.2) is 0 Å². The molecule has 1 aliphatic carbocycles. The molecule has 0 bridgehead atoms. The molecule has 1 saturated carbocycles. The summed E-state index contributed by atoms with van der Waals surface area (Å²) < 4.78 is 0. The summed E-state index contributed by atoms with van der Waals surface area (Å²) >= 11 is 0. The molecule has 24 heavy (non-hydrogen) atoms. The van der Waals surface area contributed by atoms with E-state index in [1.807, 2.05) is 12.1 Å². The van der Waals surface area contributed by atoms with E-state index in [9.17, 15) is 4.79 Å². The summed E-state index contributed by atoms with van der Waals surface area (Å²) in [4.78, 5) is 15.6. The van der Waals surface area contributed by atoms with E-state index in [0.717, 1.165) is 24.8 Å². The van der Waals surface area contributed by atoms with Crippen molar-refractivity contribution >= 4 is 5.91 Å². The molecule has 2 heteroatoms. The molecular formula is C22H25NO. The number of hydrogen-bond donors (Lipinski definition) is 0. The standard InChI is InChI=1S/C22H25NO/c1-16-9-5-7-13-19(16)21-15-17-10-6-8-14-20(17)22(24)23(21)18-11-3-2-4-12-18/h5-10,13-14,18,21H,2-4,11-12,15H2,1H3. The van der Waals surface area contributed by atoms with Crippen molar-refractivity contribution in [3.63, 3.8) is 0 Å². The van der Waals surface area contributed by atoms with Crippen molar-refractivity contribution in [1.29, 1.82) is 0 Å². The molecule has 1 fully saturated rings. The fourth-order valence-electron chi connectivity index (χ4n) is 4.49. The Hall–Kier alpha value is -2.09. The molecule has 124 valence electrons. The SMILES string of the molecule is Cc1ccccc1C1Cc2ccccc2C(=O)N1C1CCCCC1. The van der Waals surface area contributed by atoms with Crippen LogP contribution in [0.15, 0.2) is 48.5 Å². The third kappa shape index (κ3) is 2.64. The maximum atomic E-state index is 13.3. The summed E-state index contributed by atoms with van der Waals surface area (Å²) in [7, 11) is 0. The summed E-state index contributed by atoms with van der Waals surface area (Å²) in [6.45, 7) is 2.17. The molecule has 0 radical (unpaired) electrons. The third-order valence-electron chi connectivity index (χ3n) is 5.75. The molecule has 0 saturated heterocycles. The molecule has 1 heterocycles. The van der Waals surface area contributed by atoms with Crippen LogP contribution in [-0.2, 0) is 6.42 Å². The zero-order valence-corrected chi connectivity index (χ0v) is 14.4. The minimum atomic E-state index is 0.177. The van der Waals surface area contributed by atoms with Gasteiger partial charge >= 0.3 is 0 Å². The van der Waals surface area contributed by atoms with E-state index in [2.05, 4.69) is 48.2 Å². The highest BCUT2D eigenvalue weighted by molar-refractivity contribution is 5.97. The second kappa shape index (κ2) is 6.43.